The number of sulfonamides is 1. The summed E-state index contributed by atoms with van der Waals surface area (Å²) in [6, 6.07) is 7.96. The Labute approximate surface area is 155 Å². The van der Waals surface area contributed by atoms with Crippen molar-refractivity contribution < 1.29 is 17.2 Å². The van der Waals surface area contributed by atoms with Gasteiger partial charge in [-0.2, -0.15) is 4.31 Å². The van der Waals surface area contributed by atoms with Crippen molar-refractivity contribution in [2.24, 2.45) is 0 Å². The predicted octanol–water partition coefficient (Wildman–Crippen LogP) is 3.19. The van der Waals surface area contributed by atoms with Gasteiger partial charge >= 0.3 is 0 Å². The summed E-state index contributed by atoms with van der Waals surface area (Å²) in [5.74, 6) is -0.0819. The fourth-order valence-corrected chi connectivity index (χ4v) is 4.86. The van der Waals surface area contributed by atoms with Crippen LogP contribution in [-0.4, -0.2) is 34.4 Å². The Kier molecular flexibility index (Phi) is 4.71. The quantitative estimate of drug-likeness (QED) is 0.682. The first-order valence-electron chi connectivity index (χ1n) is 8.57. The van der Waals surface area contributed by atoms with Crippen LogP contribution >= 0.6 is 0 Å². The highest BCUT2D eigenvalue weighted by Gasteiger charge is 2.37. The average molecular weight is 388 g/mol. The Morgan fingerprint density at radius 3 is 2.81 bits per heavy atom. The number of pyridine rings is 1. The molecule has 1 aliphatic heterocycles. The lowest BCUT2D eigenvalue weighted by molar-refractivity contribution is 0.220. The van der Waals surface area contributed by atoms with Gasteiger partial charge < -0.3 is 4.42 Å². The maximum atomic E-state index is 13.5. The van der Waals surface area contributed by atoms with Crippen LogP contribution in [0.2, 0.25) is 0 Å². The predicted molar refractivity (Wildman–Crippen MR) is 94.4 cm³/mol. The third-order valence-corrected chi connectivity index (χ3v) is 6.39. The van der Waals surface area contributed by atoms with Gasteiger partial charge in [0.1, 0.15) is 11.9 Å². The molecule has 1 aromatic carbocycles. The molecule has 0 spiro atoms. The highest BCUT2D eigenvalue weighted by Crippen LogP contribution is 2.35. The van der Waals surface area contributed by atoms with Gasteiger partial charge in [0.2, 0.25) is 21.8 Å². The lowest BCUT2D eigenvalue weighted by Crippen LogP contribution is -2.38. The van der Waals surface area contributed by atoms with E-state index in [2.05, 4.69) is 15.2 Å². The molecule has 0 aliphatic carbocycles. The van der Waals surface area contributed by atoms with Gasteiger partial charge in [-0.25, -0.2) is 12.8 Å². The Morgan fingerprint density at radius 1 is 1.15 bits per heavy atom. The molecule has 0 bridgehead atoms. The molecule has 1 fully saturated rings. The molecule has 1 atom stereocenters. The highest BCUT2D eigenvalue weighted by molar-refractivity contribution is 7.89. The van der Waals surface area contributed by atoms with Crippen molar-refractivity contribution in [3.8, 4) is 11.5 Å². The van der Waals surface area contributed by atoms with Gasteiger partial charge in [0.05, 0.1) is 10.5 Å². The summed E-state index contributed by atoms with van der Waals surface area (Å²) in [7, 11) is -3.88. The second-order valence-corrected chi connectivity index (χ2v) is 8.16. The fourth-order valence-electron chi connectivity index (χ4n) is 3.18. The van der Waals surface area contributed by atoms with E-state index < -0.39 is 21.9 Å². The zero-order chi connectivity index (χ0) is 18.9. The number of hydrogen-bond acceptors (Lipinski definition) is 6. The Hall–Kier alpha value is -2.65. The molecule has 2 aromatic heterocycles. The molecular weight excluding hydrogens is 371 g/mol. The Balaban J connectivity index is 1.68. The molecule has 7 nitrogen and oxygen atoms in total. The molecule has 0 N–H and O–H groups in total. The summed E-state index contributed by atoms with van der Waals surface area (Å²) in [4.78, 5) is 3.93. The van der Waals surface area contributed by atoms with E-state index in [4.69, 9.17) is 4.42 Å². The van der Waals surface area contributed by atoms with Crippen molar-refractivity contribution in [2.75, 3.05) is 6.54 Å². The molecule has 3 heterocycles. The number of aromatic nitrogens is 3. The van der Waals surface area contributed by atoms with E-state index in [-0.39, 0.29) is 16.7 Å². The second kappa shape index (κ2) is 7.16. The van der Waals surface area contributed by atoms with E-state index in [0.717, 1.165) is 12.5 Å². The number of nitrogens with zero attached hydrogens (tertiary/aromatic N) is 4. The first-order valence-corrected chi connectivity index (χ1v) is 10.0. The van der Waals surface area contributed by atoms with Gasteiger partial charge in [-0.05, 0) is 43.2 Å². The van der Waals surface area contributed by atoms with Crippen molar-refractivity contribution >= 4 is 10.0 Å². The summed E-state index contributed by atoms with van der Waals surface area (Å²) < 4.78 is 46.7. The van der Waals surface area contributed by atoms with Gasteiger partial charge in [0.15, 0.2) is 0 Å². The van der Waals surface area contributed by atoms with Crippen LogP contribution < -0.4 is 0 Å². The molecule has 140 valence electrons. The monoisotopic (exact) mass is 388 g/mol. The number of benzene rings is 1. The standard InChI is InChI=1S/C18H17FN4O3S/c19-14-6-3-7-15(11-14)27(24,25)23-10-2-1-8-16(23)18-22-21-17(26-18)13-5-4-9-20-12-13/h3-7,9,11-12,16H,1-2,8,10H2. The van der Waals surface area contributed by atoms with Crippen molar-refractivity contribution in [2.45, 2.75) is 30.2 Å². The zero-order valence-corrected chi connectivity index (χ0v) is 15.1. The third kappa shape index (κ3) is 3.47. The zero-order valence-electron chi connectivity index (χ0n) is 14.3. The van der Waals surface area contributed by atoms with Crippen molar-refractivity contribution in [3.63, 3.8) is 0 Å². The van der Waals surface area contributed by atoms with Crippen LogP contribution in [0.3, 0.4) is 0 Å². The third-order valence-electron chi connectivity index (χ3n) is 4.49. The van der Waals surface area contributed by atoms with Crippen molar-refractivity contribution in [1.29, 1.82) is 0 Å². The molecule has 0 saturated carbocycles. The number of hydrogen-bond donors (Lipinski definition) is 0. The lowest BCUT2D eigenvalue weighted by Gasteiger charge is -2.32. The smallest absolute Gasteiger partial charge is 0.249 e. The van der Waals surface area contributed by atoms with E-state index in [9.17, 15) is 12.8 Å². The topological polar surface area (TPSA) is 89.2 Å². The molecule has 1 unspecified atom stereocenters. The first-order chi connectivity index (χ1) is 13.1. The van der Waals surface area contributed by atoms with E-state index in [1.807, 2.05) is 0 Å². The molecule has 27 heavy (non-hydrogen) atoms. The summed E-state index contributed by atoms with van der Waals surface area (Å²) in [6.45, 7) is 0.314. The van der Waals surface area contributed by atoms with Crippen LogP contribution in [0.25, 0.3) is 11.5 Å². The molecule has 1 aliphatic rings. The van der Waals surface area contributed by atoms with Crippen LogP contribution in [0.1, 0.15) is 31.2 Å². The van der Waals surface area contributed by atoms with Crippen LogP contribution in [0.4, 0.5) is 4.39 Å². The molecule has 1 saturated heterocycles. The second-order valence-electron chi connectivity index (χ2n) is 6.27. The maximum absolute atomic E-state index is 13.5. The molecule has 4 rings (SSSR count). The maximum Gasteiger partial charge on any atom is 0.249 e. The summed E-state index contributed by atoms with van der Waals surface area (Å²) in [6.07, 6.45) is 5.34. The lowest BCUT2D eigenvalue weighted by atomic mass is 10.1. The van der Waals surface area contributed by atoms with Gasteiger partial charge in [-0.1, -0.05) is 12.5 Å². The molecule has 3 aromatic rings. The van der Waals surface area contributed by atoms with E-state index in [1.165, 1.54) is 22.5 Å². The average Bonchev–Trinajstić information content (AvgIpc) is 3.19. The molecule has 9 heteroatoms. The molecule has 0 amide bonds. The van der Waals surface area contributed by atoms with Crippen molar-refractivity contribution in [3.05, 3.63) is 60.5 Å². The normalized spacial score (nSPS) is 18.5. The summed E-state index contributed by atoms with van der Waals surface area (Å²) in [5.41, 5.74) is 0.659. The minimum atomic E-state index is -3.88. The van der Waals surface area contributed by atoms with E-state index >= 15 is 0 Å². The number of rotatable bonds is 4. The van der Waals surface area contributed by atoms with E-state index in [0.29, 0.717) is 24.9 Å². The van der Waals surface area contributed by atoms with Crippen LogP contribution in [0, 0.1) is 5.82 Å². The largest absolute Gasteiger partial charge is 0.419 e. The minimum Gasteiger partial charge on any atom is -0.419 e. The van der Waals surface area contributed by atoms with Crippen LogP contribution in [0.15, 0.2) is 58.1 Å². The Morgan fingerprint density at radius 2 is 2.04 bits per heavy atom. The highest BCUT2D eigenvalue weighted by atomic mass is 32.2. The van der Waals surface area contributed by atoms with Gasteiger partial charge in [-0.3, -0.25) is 4.98 Å². The SMILES string of the molecule is O=S(=O)(c1cccc(F)c1)N1CCCCC1c1nnc(-c2cccnc2)o1. The number of halogens is 1. The van der Waals surface area contributed by atoms with Crippen LogP contribution in [0.5, 0.6) is 0 Å². The Bertz CT molecular complexity index is 1040. The van der Waals surface area contributed by atoms with Gasteiger partial charge in [0.25, 0.3) is 0 Å². The van der Waals surface area contributed by atoms with Crippen LogP contribution in [-0.2, 0) is 10.0 Å². The van der Waals surface area contributed by atoms with Gasteiger partial charge in [-0.15, -0.1) is 10.2 Å². The first kappa shape index (κ1) is 17.7. The minimum absolute atomic E-state index is 0.0820. The summed E-state index contributed by atoms with van der Waals surface area (Å²) in [5, 5.41) is 8.09. The number of piperidine rings is 1. The van der Waals surface area contributed by atoms with Gasteiger partial charge in [0, 0.05) is 18.9 Å². The summed E-state index contributed by atoms with van der Waals surface area (Å²) >= 11 is 0. The molecule has 0 radical (unpaired) electrons. The van der Waals surface area contributed by atoms with Crippen molar-refractivity contribution in [1.82, 2.24) is 19.5 Å². The van der Waals surface area contributed by atoms with E-state index in [1.54, 1.807) is 24.5 Å². The fraction of sp³-hybridized carbons (Fsp3) is 0.278. The molecular formula is C18H17FN4O3S.